The van der Waals surface area contributed by atoms with Crippen molar-refractivity contribution in [3.63, 3.8) is 0 Å². The maximum absolute atomic E-state index is 11.7. The highest BCUT2D eigenvalue weighted by molar-refractivity contribution is 7.71. The zero-order chi connectivity index (χ0) is 21.3. The summed E-state index contributed by atoms with van der Waals surface area (Å²) in [6, 6.07) is 0. The van der Waals surface area contributed by atoms with Gasteiger partial charge < -0.3 is 29.7 Å². The number of nitrogens with two attached hydrogens (primary N) is 1. The van der Waals surface area contributed by atoms with Crippen LogP contribution in [0.15, 0.2) is 6.33 Å². The molecule has 3 rings (SSSR count). The van der Waals surface area contributed by atoms with E-state index >= 15 is 0 Å². The molecule has 3 heterocycles. The second-order valence-corrected chi connectivity index (χ2v) is 6.68. The number of hydrogen-bond donors (Lipinski definition) is 2. The van der Waals surface area contributed by atoms with E-state index in [1.165, 1.54) is 31.7 Å². The molecule has 12 nitrogen and oxygen atoms in total. The lowest BCUT2D eigenvalue weighted by Crippen LogP contribution is -2.40. The summed E-state index contributed by atoms with van der Waals surface area (Å²) in [6.07, 6.45) is -2.54. The van der Waals surface area contributed by atoms with Crippen LogP contribution in [0.2, 0.25) is 0 Å². The summed E-state index contributed by atoms with van der Waals surface area (Å²) in [5.74, 6) is -1.72. The monoisotopic (exact) mass is 425 g/mol. The number of anilines is 1. The first-order chi connectivity index (χ1) is 13.7. The second kappa shape index (κ2) is 8.13. The van der Waals surface area contributed by atoms with Crippen molar-refractivity contribution in [2.75, 3.05) is 12.3 Å². The minimum atomic E-state index is -1.05. The first kappa shape index (κ1) is 20.7. The van der Waals surface area contributed by atoms with Gasteiger partial charge in [0.05, 0.1) is 6.33 Å². The van der Waals surface area contributed by atoms with Crippen LogP contribution in [0.3, 0.4) is 0 Å². The third-order valence-corrected chi connectivity index (χ3v) is 4.36. The Kier molecular flexibility index (Phi) is 5.79. The third-order valence-electron chi connectivity index (χ3n) is 4.08. The standard InChI is InChI=1S/C16H19N5O7S/c1-6(22)25-4-9-11(26-7(2)23)12(27-8(3)24)15(28-9)21-5-18-10-13(21)19-16(17)20-14(10)29/h5,9,11-12,15H,4H2,1-3H3,(H3,17,19,20,29)/t9-,11-,12+,15-/m1/s1. The summed E-state index contributed by atoms with van der Waals surface area (Å²) >= 11 is 5.16. The van der Waals surface area contributed by atoms with Gasteiger partial charge in [-0.3, -0.25) is 19.0 Å². The molecule has 1 saturated heterocycles. The predicted molar refractivity (Wildman–Crippen MR) is 98.8 cm³/mol. The summed E-state index contributed by atoms with van der Waals surface area (Å²) in [5.41, 5.74) is 6.47. The third kappa shape index (κ3) is 4.35. The number of nitrogen functional groups attached to an aromatic ring is 1. The fourth-order valence-electron chi connectivity index (χ4n) is 3.06. The average Bonchev–Trinajstić information content (AvgIpc) is 3.15. The minimum absolute atomic E-state index is 0.0549. The molecule has 0 unspecified atom stereocenters. The minimum Gasteiger partial charge on any atom is -0.463 e. The molecule has 0 spiro atoms. The molecule has 0 saturated carbocycles. The average molecular weight is 425 g/mol. The molecule has 1 aliphatic heterocycles. The number of imidazole rings is 1. The molecule has 3 N–H and O–H groups in total. The van der Waals surface area contributed by atoms with Gasteiger partial charge in [-0.15, -0.1) is 0 Å². The van der Waals surface area contributed by atoms with E-state index in [0.717, 1.165) is 0 Å². The number of rotatable bonds is 5. The molecule has 2 aromatic heterocycles. The number of hydrogen-bond acceptors (Lipinski definition) is 11. The van der Waals surface area contributed by atoms with Crippen molar-refractivity contribution < 1.29 is 33.3 Å². The van der Waals surface area contributed by atoms with E-state index in [-0.39, 0.29) is 17.2 Å². The zero-order valence-electron chi connectivity index (χ0n) is 15.8. The van der Waals surface area contributed by atoms with Gasteiger partial charge in [0.1, 0.15) is 23.9 Å². The van der Waals surface area contributed by atoms with Crippen molar-refractivity contribution in [2.24, 2.45) is 0 Å². The maximum atomic E-state index is 11.7. The molecule has 156 valence electrons. The summed E-state index contributed by atoms with van der Waals surface area (Å²) in [4.78, 5) is 45.5. The fourth-order valence-corrected chi connectivity index (χ4v) is 3.31. The summed E-state index contributed by atoms with van der Waals surface area (Å²) in [6.45, 7) is 3.43. The van der Waals surface area contributed by atoms with Gasteiger partial charge in [-0.2, -0.15) is 0 Å². The molecule has 0 bridgehead atoms. The highest BCUT2D eigenvalue weighted by atomic mass is 32.1. The SMILES string of the molecule is CC(=O)OC[C@H]1O[C@@H](n2cnc3c(=S)nc(N)[nH]c32)[C@@H](OC(C)=O)[C@@H]1OC(C)=O. The van der Waals surface area contributed by atoms with Crippen LogP contribution in [-0.2, 0) is 33.3 Å². The molecular weight excluding hydrogens is 406 g/mol. The lowest BCUT2D eigenvalue weighted by molar-refractivity contribution is -0.166. The molecular formula is C16H19N5O7S. The number of aromatic nitrogens is 4. The predicted octanol–water partition coefficient (Wildman–Crippen LogP) is 0.395. The van der Waals surface area contributed by atoms with Crippen molar-refractivity contribution >= 4 is 47.2 Å². The van der Waals surface area contributed by atoms with E-state index < -0.39 is 42.4 Å². The number of fused-ring (bicyclic) bond motifs is 1. The molecule has 29 heavy (non-hydrogen) atoms. The van der Waals surface area contributed by atoms with Crippen LogP contribution in [-0.4, -0.2) is 62.3 Å². The van der Waals surface area contributed by atoms with Gasteiger partial charge >= 0.3 is 17.9 Å². The zero-order valence-corrected chi connectivity index (χ0v) is 16.6. The van der Waals surface area contributed by atoms with E-state index in [0.29, 0.717) is 11.2 Å². The number of nitrogens with one attached hydrogen (secondary N) is 1. The van der Waals surface area contributed by atoms with E-state index in [4.69, 9.17) is 36.9 Å². The number of esters is 3. The fraction of sp³-hybridized carbons (Fsp3) is 0.500. The van der Waals surface area contributed by atoms with Gasteiger partial charge in [0.2, 0.25) is 0 Å². The number of carbonyl (C=O) groups excluding carboxylic acids is 3. The van der Waals surface area contributed by atoms with Crippen molar-refractivity contribution in [1.29, 1.82) is 0 Å². The van der Waals surface area contributed by atoms with Crippen molar-refractivity contribution in [1.82, 2.24) is 19.5 Å². The Morgan fingerprint density at radius 2 is 1.86 bits per heavy atom. The van der Waals surface area contributed by atoms with Crippen LogP contribution >= 0.6 is 12.2 Å². The normalized spacial score (nSPS) is 23.7. The molecule has 4 atom stereocenters. The lowest BCUT2D eigenvalue weighted by Gasteiger charge is -2.23. The van der Waals surface area contributed by atoms with Gasteiger partial charge in [0, 0.05) is 20.8 Å². The first-order valence-electron chi connectivity index (χ1n) is 8.53. The van der Waals surface area contributed by atoms with E-state index in [9.17, 15) is 14.4 Å². The van der Waals surface area contributed by atoms with E-state index in [1.807, 2.05) is 0 Å². The van der Waals surface area contributed by atoms with Crippen molar-refractivity contribution in [2.45, 2.75) is 45.3 Å². The van der Waals surface area contributed by atoms with Gasteiger partial charge in [0.25, 0.3) is 0 Å². The molecule has 13 heteroatoms. The Hall–Kier alpha value is -3.06. The highest BCUT2D eigenvalue weighted by Gasteiger charge is 2.51. The molecule has 0 aliphatic carbocycles. The van der Waals surface area contributed by atoms with Crippen LogP contribution in [0.1, 0.15) is 27.0 Å². The Morgan fingerprint density at radius 3 is 2.48 bits per heavy atom. The van der Waals surface area contributed by atoms with Crippen LogP contribution in [0.4, 0.5) is 5.95 Å². The Bertz CT molecular complexity index is 1020. The van der Waals surface area contributed by atoms with Crippen LogP contribution in [0.5, 0.6) is 0 Å². The Labute approximate surface area is 169 Å². The summed E-state index contributed by atoms with van der Waals surface area (Å²) < 4.78 is 23.3. The highest BCUT2D eigenvalue weighted by Crippen LogP contribution is 2.36. The molecule has 0 aromatic carbocycles. The van der Waals surface area contributed by atoms with Gasteiger partial charge in [-0.05, 0) is 0 Å². The number of carbonyl (C=O) groups is 3. The maximum Gasteiger partial charge on any atom is 0.303 e. The molecule has 2 aromatic rings. The largest absolute Gasteiger partial charge is 0.463 e. The Morgan fingerprint density at radius 1 is 1.21 bits per heavy atom. The van der Waals surface area contributed by atoms with Gasteiger partial charge in [-0.1, -0.05) is 12.2 Å². The number of H-pyrrole nitrogens is 1. The topological polar surface area (TPSA) is 161 Å². The first-order valence-corrected chi connectivity index (χ1v) is 8.93. The number of aromatic amines is 1. The van der Waals surface area contributed by atoms with Crippen LogP contribution in [0.25, 0.3) is 11.2 Å². The smallest absolute Gasteiger partial charge is 0.303 e. The van der Waals surface area contributed by atoms with Gasteiger partial charge in [0.15, 0.2) is 29.0 Å². The lowest BCUT2D eigenvalue weighted by atomic mass is 10.1. The second-order valence-electron chi connectivity index (χ2n) is 6.29. The summed E-state index contributed by atoms with van der Waals surface area (Å²) in [5, 5.41) is 0. The van der Waals surface area contributed by atoms with Crippen LogP contribution < -0.4 is 5.73 Å². The quantitative estimate of drug-likeness (QED) is 0.387. The molecule has 1 fully saturated rings. The van der Waals surface area contributed by atoms with Crippen molar-refractivity contribution in [3.8, 4) is 0 Å². The number of nitrogens with zero attached hydrogens (tertiary/aromatic N) is 3. The van der Waals surface area contributed by atoms with E-state index in [1.54, 1.807) is 0 Å². The Balaban J connectivity index is 2.05. The molecule has 0 radical (unpaired) electrons. The van der Waals surface area contributed by atoms with Crippen LogP contribution in [0, 0.1) is 4.64 Å². The van der Waals surface area contributed by atoms with E-state index in [2.05, 4.69) is 15.0 Å². The summed E-state index contributed by atoms with van der Waals surface area (Å²) in [7, 11) is 0. The molecule has 1 aliphatic rings. The number of ether oxygens (including phenoxy) is 4. The van der Waals surface area contributed by atoms with Crippen molar-refractivity contribution in [3.05, 3.63) is 11.0 Å². The van der Waals surface area contributed by atoms with Gasteiger partial charge in [-0.25, -0.2) is 9.97 Å². The molecule has 0 amide bonds.